The molecule has 0 radical (unpaired) electrons. The lowest BCUT2D eigenvalue weighted by Gasteiger charge is -2.38. The standard InChI is InChI=1S/C29H34N2O6S2/c1-6-36-27-10-8-7-9-25(27)31(39(33,34)22-14-12-21(38-5)13-15-22)19-28(32)30-24-18-29(2,3)37-26-16-11-20(35-4)17-23(24)26/h7-17,24H,6,18-19H2,1-5H3,(H,30,32). The number of ether oxygens (including phenoxy) is 3. The van der Waals surface area contributed by atoms with Crippen LogP contribution in [0.25, 0.3) is 0 Å². The Morgan fingerprint density at radius 1 is 1.13 bits per heavy atom. The molecule has 10 heteroatoms. The lowest BCUT2D eigenvalue weighted by molar-refractivity contribution is -0.120. The summed E-state index contributed by atoms with van der Waals surface area (Å²) >= 11 is 1.52. The predicted octanol–water partition coefficient (Wildman–Crippen LogP) is 5.43. The van der Waals surface area contributed by atoms with Gasteiger partial charge in [0.15, 0.2) is 0 Å². The number of carbonyl (C=O) groups excluding carboxylic acids is 1. The van der Waals surface area contributed by atoms with Crippen LogP contribution in [-0.2, 0) is 14.8 Å². The number of anilines is 1. The summed E-state index contributed by atoms with van der Waals surface area (Å²) in [6, 6.07) is 18.5. The number of benzene rings is 3. The van der Waals surface area contributed by atoms with Gasteiger partial charge in [-0.15, -0.1) is 11.8 Å². The van der Waals surface area contributed by atoms with Crippen molar-refractivity contribution < 1.29 is 27.4 Å². The first-order valence-electron chi connectivity index (χ1n) is 12.6. The highest BCUT2D eigenvalue weighted by Gasteiger charge is 2.36. The molecule has 39 heavy (non-hydrogen) atoms. The molecule has 0 saturated carbocycles. The molecule has 1 atom stereocenters. The molecule has 1 heterocycles. The average Bonchev–Trinajstić information content (AvgIpc) is 2.91. The molecule has 1 amide bonds. The van der Waals surface area contributed by atoms with Gasteiger partial charge in [0, 0.05) is 16.9 Å². The fourth-order valence-electron chi connectivity index (χ4n) is 4.57. The second-order valence-corrected chi connectivity index (χ2v) is 12.4. The van der Waals surface area contributed by atoms with E-state index in [1.165, 1.54) is 11.8 Å². The molecule has 0 spiro atoms. The third-order valence-corrected chi connectivity index (χ3v) is 8.90. The Kier molecular flexibility index (Phi) is 8.66. The molecule has 208 valence electrons. The summed E-state index contributed by atoms with van der Waals surface area (Å²) in [5.41, 5.74) is 0.531. The smallest absolute Gasteiger partial charge is 0.264 e. The van der Waals surface area contributed by atoms with Crippen LogP contribution >= 0.6 is 11.8 Å². The van der Waals surface area contributed by atoms with Crippen molar-refractivity contribution >= 4 is 33.4 Å². The maximum atomic E-state index is 13.9. The van der Waals surface area contributed by atoms with Gasteiger partial charge in [-0.2, -0.15) is 0 Å². The number of rotatable bonds is 10. The molecule has 3 aromatic carbocycles. The molecule has 3 aromatic rings. The summed E-state index contributed by atoms with van der Waals surface area (Å²) in [4.78, 5) is 14.6. The normalized spacial score (nSPS) is 16.0. The predicted molar refractivity (Wildman–Crippen MR) is 154 cm³/mol. The summed E-state index contributed by atoms with van der Waals surface area (Å²) < 4.78 is 46.3. The summed E-state index contributed by atoms with van der Waals surface area (Å²) in [5, 5.41) is 3.05. The number of nitrogens with zero attached hydrogens (tertiary/aromatic N) is 1. The summed E-state index contributed by atoms with van der Waals surface area (Å²) in [7, 11) is -2.53. The Morgan fingerprint density at radius 3 is 2.51 bits per heavy atom. The molecule has 0 aliphatic carbocycles. The van der Waals surface area contributed by atoms with E-state index in [9.17, 15) is 13.2 Å². The van der Waals surface area contributed by atoms with Crippen LogP contribution in [0.1, 0.15) is 38.8 Å². The maximum absolute atomic E-state index is 13.9. The van der Waals surface area contributed by atoms with E-state index < -0.39 is 34.1 Å². The number of nitrogens with one attached hydrogen (secondary N) is 1. The zero-order valence-electron chi connectivity index (χ0n) is 22.8. The maximum Gasteiger partial charge on any atom is 0.264 e. The number of hydrogen-bond donors (Lipinski definition) is 1. The molecule has 4 rings (SSSR count). The van der Waals surface area contributed by atoms with Gasteiger partial charge in [0.25, 0.3) is 10.0 Å². The molecular weight excluding hydrogens is 536 g/mol. The first-order valence-corrected chi connectivity index (χ1v) is 15.3. The number of sulfonamides is 1. The van der Waals surface area contributed by atoms with E-state index in [2.05, 4.69) is 5.32 Å². The van der Waals surface area contributed by atoms with Gasteiger partial charge >= 0.3 is 0 Å². The molecule has 1 aliphatic rings. The number of amides is 1. The van der Waals surface area contributed by atoms with Crippen molar-refractivity contribution in [2.45, 2.75) is 48.6 Å². The molecule has 0 bridgehead atoms. The first kappa shape index (κ1) is 28.6. The van der Waals surface area contributed by atoms with Crippen LogP contribution in [-0.4, -0.2) is 46.4 Å². The number of carbonyl (C=O) groups is 1. The lowest BCUT2D eigenvalue weighted by Crippen LogP contribution is -2.45. The summed E-state index contributed by atoms with van der Waals surface area (Å²) in [6.45, 7) is 5.63. The van der Waals surface area contributed by atoms with Crippen LogP contribution in [0, 0.1) is 0 Å². The third kappa shape index (κ3) is 6.45. The quantitative estimate of drug-likeness (QED) is 0.325. The monoisotopic (exact) mass is 570 g/mol. The number of methoxy groups -OCH3 is 1. The van der Waals surface area contributed by atoms with Crippen LogP contribution in [0.15, 0.2) is 76.5 Å². The lowest BCUT2D eigenvalue weighted by atomic mass is 9.89. The highest BCUT2D eigenvalue weighted by Crippen LogP contribution is 2.41. The highest BCUT2D eigenvalue weighted by atomic mass is 32.2. The van der Waals surface area contributed by atoms with Gasteiger partial charge in [0.1, 0.15) is 29.4 Å². The Labute approximate surface area is 234 Å². The number of para-hydroxylation sites is 2. The van der Waals surface area contributed by atoms with E-state index in [0.717, 1.165) is 14.8 Å². The van der Waals surface area contributed by atoms with Crippen LogP contribution in [0.4, 0.5) is 5.69 Å². The molecule has 0 aromatic heterocycles. The number of fused-ring (bicyclic) bond motifs is 1. The molecular formula is C29H34N2O6S2. The number of thioether (sulfide) groups is 1. The summed E-state index contributed by atoms with van der Waals surface area (Å²) in [6.07, 6.45) is 2.42. The van der Waals surface area contributed by atoms with Crippen LogP contribution in [0.3, 0.4) is 0 Å². The van der Waals surface area contributed by atoms with E-state index in [4.69, 9.17) is 14.2 Å². The van der Waals surface area contributed by atoms with Crippen LogP contribution in [0.5, 0.6) is 17.2 Å². The SMILES string of the molecule is CCOc1ccccc1N(CC(=O)NC1CC(C)(C)Oc2ccc(OC)cc21)S(=O)(=O)c1ccc(SC)cc1. The second-order valence-electron chi connectivity index (χ2n) is 9.68. The molecule has 0 fully saturated rings. The van der Waals surface area contributed by atoms with Crippen molar-refractivity contribution in [2.75, 3.05) is 30.8 Å². The minimum Gasteiger partial charge on any atom is -0.497 e. The minimum atomic E-state index is -4.11. The molecule has 1 unspecified atom stereocenters. The van der Waals surface area contributed by atoms with Crippen LogP contribution in [0.2, 0.25) is 0 Å². The van der Waals surface area contributed by atoms with Gasteiger partial charge in [-0.1, -0.05) is 12.1 Å². The topological polar surface area (TPSA) is 94.2 Å². The fraction of sp³-hybridized carbons (Fsp3) is 0.345. The molecule has 8 nitrogen and oxygen atoms in total. The van der Waals surface area contributed by atoms with Crippen molar-refractivity contribution in [3.63, 3.8) is 0 Å². The van der Waals surface area contributed by atoms with Crippen molar-refractivity contribution in [2.24, 2.45) is 0 Å². The minimum absolute atomic E-state index is 0.0849. The molecule has 1 aliphatic heterocycles. The van der Waals surface area contributed by atoms with Gasteiger partial charge in [0.05, 0.1) is 30.3 Å². The van der Waals surface area contributed by atoms with Gasteiger partial charge in [-0.05, 0) is 81.6 Å². The van der Waals surface area contributed by atoms with Gasteiger partial charge in [-0.3, -0.25) is 9.10 Å². The fourth-order valence-corrected chi connectivity index (χ4v) is 6.41. The Bertz CT molecular complexity index is 1420. The average molecular weight is 571 g/mol. The Balaban J connectivity index is 1.70. The van der Waals surface area contributed by atoms with Gasteiger partial charge < -0.3 is 19.5 Å². The largest absolute Gasteiger partial charge is 0.497 e. The van der Waals surface area contributed by atoms with E-state index in [-0.39, 0.29) is 10.6 Å². The Hall–Kier alpha value is -3.37. The second kappa shape index (κ2) is 11.8. The van der Waals surface area contributed by atoms with Crippen LogP contribution < -0.4 is 23.8 Å². The third-order valence-electron chi connectivity index (χ3n) is 6.38. The molecule has 1 N–H and O–H groups in total. The van der Waals surface area contributed by atoms with Gasteiger partial charge in [-0.25, -0.2) is 8.42 Å². The zero-order chi connectivity index (χ0) is 28.2. The first-order chi connectivity index (χ1) is 18.6. The van der Waals surface area contributed by atoms with Crippen molar-refractivity contribution in [1.29, 1.82) is 0 Å². The van der Waals surface area contributed by atoms with Crippen molar-refractivity contribution in [3.05, 3.63) is 72.3 Å². The zero-order valence-corrected chi connectivity index (χ0v) is 24.4. The Morgan fingerprint density at radius 2 is 1.85 bits per heavy atom. The molecule has 0 saturated heterocycles. The van der Waals surface area contributed by atoms with E-state index in [1.54, 1.807) is 61.7 Å². The summed E-state index contributed by atoms with van der Waals surface area (Å²) in [5.74, 6) is 1.21. The highest BCUT2D eigenvalue weighted by molar-refractivity contribution is 7.98. The van der Waals surface area contributed by atoms with Crippen molar-refractivity contribution in [1.82, 2.24) is 5.32 Å². The van der Waals surface area contributed by atoms with E-state index >= 15 is 0 Å². The van der Waals surface area contributed by atoms with Crippen molar-refractivity contribution in [3.8, 4) is 17.2 Å². The van der Waals surface area contributed by atoms with E-state index in [0.29, 0.717) is 30.3 Å². The van der Waals surface area contributed by atoms with Gasteiger partial charge in [0.2, 0.25) is 5.91 Å². The van der Waals surface area contributed by atoms with E-state index in [1.807, 2.05) is 39.2 Å². The number of hydrogen-bond acceptors (Lipinski definition) is 7.